The third kappa shape index (κ3) is 4.88. The summed E-state index contributed by atoms with van der Waals surface area (Å²) in [5.41, 5.74) is -1.41. The van der Waals surface area contributed by atoms with E-state index < -0.39 is 28.8 Å². The van der Waals surface area contributed by atoms with Gasteiger partial charge in [0.05, 0.1) is 10.9 Å². The molecule has 2 aromatic heterocycles. The van der Waals surface area contributed by atoms with Crippen LogP contribution in [0.5, 0.6) is 0 Å². The van der Waals surface area contributed by atoms with Crippen molar-refractivity contribution in [2.24, 2.45) is 0 Å². The summed E-state index contributed by atoms with van der Waals surface area (Å²) in [4.78, 5) is 25.0. The largest absolute Gasteiger partial charge is 0.465 e. The fraction of sp³-hybridized carbons (Fsp3) is 0.519. The Labute approximate surface area is 238 Å². The summed E-state index contributed by atoms with van der Waals surface area (Å²) in [5.74, 6) is -1.24. The SMILES string of the molecule is CC(C)(C)N(C(=O)O)C1(c2ccc(F)cc2F)CCN(c2nc(C#N)c3c(Br)nn(C4CCCCO4)c3n2)CC1. The van der Waals surface area contributed by atoms with E-state index in [0.29, 0.717) is 28.2 Å². The van der Waals surface area contributed by atoms with Crippen LogP contribution in [0.4, 0.5) is 19.5 Å². The highest BCUT2D eigenvalue weighted by Gasteiger charge is 2.50. The summed E-state index contributed by atoms with van der Waals surface area (Å²) in [6.07, 6.45) is 1.58. The minimum atomic E-state index is -1.26. The van der Waals surface area contributed by atoms with Crippen molar-refractivity contribution in [1.82, 2.24) is 24.6 Å². The van der Waals surface area contributed by atoms with Crippen LogP contribution in [0, 0.1) is 23.0 Å². The number of piperidine rings is 1. The summed E-state index contributed by atoms with van der Waals surface area (Å²) < 4.78 is 37.1. The molecule has 212 valence electrons. The molecular weight excluding hydrogens is 588 g/mol. The van der Waals surface area contributed by atoms with E-state index in [1.807, 2.05) is 4.90 Å². The first-order valence-corrected chi connectivity index (χ1v) is 14.0. The van der Waals surface area contributed by atoms with Crippen LogP contribution in [-0.4, -0.2) is 61.1 Å². The number of ether oxygens (including phenoxy) is 1. The number of anilines is 1. The molecule has 5 rings (SSSR count). The van der Waals surface area contributed by atoms with Crippen LogP contribution in [-0.2, 0) is 10.3 Å². The van der Waals surface area contributed by atoms with Gasteiger partial charge in [-0.25, -0.2) is 23.2 Å². The highest BCUT2D eigenvalue weighted by atomic mass is 79.9. The average Bonchev–Trinajstić information content (AvgIpc) is 3.24. The van der Waals surface area contributed by atoms with E-state index in [4.69, 9.17) is 9.72 Å². The molecule has 13 heteroatoms. The van der Waals surface area contributed by atoms with Crippen LogP contribution >= 0.6 is 15.9 Å². The molecule has 0 saturated carbocycles. The second kappa shape index (κ2) is 10.6. The fourth-order valence-electron chi connectivity index (χ4n) is 5.99. The van der Waals surface area contributed by atoms with E-state index in [0.717, 1.165) is 31.4 Å². The van der Waals surface area contributed by atoms with E-state index >= 15 is 4.39 Å². The summed E-state index contributed by atoms with van der Waals surface area (Å²) in [6, 6.07) is 5.41. The van der Waals surface area contributed by atoms with Gasteiger partial charge >= 0.3 is 6.09 Å². The second-order valence-corrected chi connectivity index (χ2v) is 11.9. The Balaban J connectivity index is 1.55. The molecule has 2 fully saturated rings. The Hall–Kier alpha value is -3.37. The van der Waals surface area contributed by atoms with Gasteiger partial charge in [0.2, 0.25) is 5.95 Å². The number of halogens is 3. The Morgan fingerprint density at radius 1 is 1.25 bits per heavy atom. The molecule has 10 nitrogen and oxygen atoms in total. The summed E-state index contributed by atoms with van der Waals surface area (Å²) in [7, 11) is 0. The van der Waals surface area contributed by atoms with Crippen LogP contribution < -0.4 is 4.90 Å². The zero-order valence-corrected chi connectivity index (χ0v) is 24.1. The Kier molecular flexibility index (Phi) is 7.43. The molecule has 3 aromatic rings. The number of rotatable bonds is 4. The van der Waals surface area contributed by atoms with Crippen molar-refractivity contribution in [3.05, 3.63) is 45.7 Å². The average molecular weight is 618 g/mol. The van der Waals surface area contributed by atoms with Gasteiger partial charge in [0.1, 0.15) is 22.3 Å². The molecule has 0 radical (unpaired) electrons. The van der Waals surface area contributed by atoms with Crippen LogP contribution in [0.2, 0.25) is 0 Å². The lowest BCUT2D eigenvalue weighted by molar-refractivity contribution is -0.0371. The summed E-state index contributed by atoms with van der Waals surface area (Å²) in [5, 5.41) is 25.2. The summed E-state index contributed by atoms with van der Waals surface area (Å²) in [6.45, 7) is 6.39. The molecular formula is C27H30BrF2N7O3. The number of carbonyl (C=O) groups is 1. The second-order valence-electron chi connectivity index (χ2n) is 11.2. The topological polar surface area (TPSA) is 120 Å². The van der Waals surface area contributed by atoms with E-state index in [1.54, 1.807) is 25.5 Å². The quantitative estimate of drug-likeness (QED) is 0.395. The summed E-state index contributed by atoms with van der Waals surface area (Å²) >= 11 is 3.44. The number of amides is 1. The number of aromatic nitrogens is 4. The molecule has 40 heavy (non-hydrogen) atoms. The molecule has 1 amide bonds. The molecule has 1 atom stereocenters. The minimum Gasteiger partial charge on any atom is -0.465 e. The number of nitriles is 1. The highest BCUT2D eigenvalue weighted by molar-refractivity contribution is 9.10. The van der Waals surface area contributed by atoms with Gasteiger partial charge in [-0.2, -0.15) is 15.3 Å². The predicted molar refractivity (Wildman–Crippen MR) is 146 cm³/mol. The minimum absolute atomic E-state index is 0.122. The Morgan fingerprint density at radius 2 is 1.98 bits per heavy atom. The normalized spacial score (nSPS) is 19.4. The van der Waals surface area contributed by atoms with Gasteiger partial charge in [0.25, 0.3) is 0 Å². The Morgan fingerprint density at radius 3 is 2.55 bits per heavy atom. The van der Waals surface area contributed by atoms with E-state index in [1.165, 1.54) is 11.0 Å². The van der Waals surface area contributed by atoms with E-state index in [9.17, 15) is 19.6 Å². The van der Waals surface area contributed by atoms with Crippen LogP contribution in [0.15, 0.2) is 22.8 Å². The standard InChI is InChI=1S/C27H30BrF2N7O3/c1-26(2,3)37(25(38)39)27(17-8-7-16(29)14-18(17)30)9-11-35(12-10-27)24-32-19(15-31)21-22(28)34-36(23(21)33-24)20-6-4-5-13-40-20/h7-8,14,20H,4-6,9-13H2,1-3H3,(H,38,39). The van der Waals surface area contributed by atoms with Crippen LogP contribution in [0.25, 0.3) is 11.0 Å². The molecule has 2 aliphatic rings. The Bertz CT molecular complexity index is 1490. The molecule has 0 aliphatic carbocycles. The predicted octanol–water partition coefficient (Wildman–Crippen LogP) is 5.71. The molecule has 1 N–H and O–H groups in total. The van der Waals surface area contributed by atoms with E-state index in [2.05, 4.69) is 32.1 Å². The van der Waals surface area contributed by atoms with Crippen LogP contribution in [0.1, 0.15) is 70.4 Å². The molecule has 4 heterocycles. The smallest absolute Gasteiger partial charge is 0.408 e. The van der Waals surface area contributed by atoms with Gasteiger partial charge in [0, 0.05) is 36.9 Å². The highest BCUT2D eigenvalue weighted by Crippen LogP contribution is 2.44. The number of hydrogen-bond acceptors (Lipinski definition) is 7. The maximum atomic E-state index is 15.2. The number of nitrogens with zero attached hydrogens (tertiary/aromatic N) is 7. The third-order valence-electron chi connectivity index (χ3n) is 7.63. The first-order chi connectivity index (χ1) is 19.0. The lowest BCUT2D eigenvalue weighted by Gasteiger charge is -2.52. The molecule has 1 aromatic carbocycles. The van der Waals surface area contributed by atoms with Crippen molar-refractivity contribution in [2.75, 3.05) is 24.6 Å². The van der Waals surface area contributed by atoms with Gasteiger partial charge in [-0.05, 0) is 74.9 Å². The third-order valence-corrected chi connectivity index (χ3v) is 8.18. The monoisotopic (exact) mass is 617 g/mol. The fourth-order valence-corrected chi connectivity index (χ4v) is 6.53. The lowest BCUT2D eigenvalue weighted by atomic mass is 9.76. The van der Waals surface area contributed by atoms with Crippen molar-refractivity contribution in [3.8, 4) is 6.07 Å². The van der Waals surface area contributed by atoms with Crippen molar-refractivity contribution < 1.29 is 23.4 Å². The maximum Gasteiger partial charge on any atom is 0.408 e. The van der Waals surface area contributed by atoms with Gasteiger partial charge < -0.3 is 14.7 Å². The van der Waals surface area contributed by atoms with Gasteiger partial charge in [0.15, 0.2) is 17.6 Å². The lowest BCUT2D eigenvalue weighted by Crippen LogP contribution is -2.61. The first-order valence-electron chi connectivity index (χ1n) is 13.2. The number of fused-ring (bicyclic) bond motifs is 1. The van der Waals surface area contributed by atoms with Crippen molar-refractivity contribution in [1.29, 1.82) is 5.26 Å². The van der Waals surface area contributed by atoms with Crippen molar-refractivity contribution in [2.45, 2.75) is 70.2 Å². The molecule has 2 saturated heterocycles. The van der Waals surface area contributed by atoms with Gasteiger partial charge in [-0.1, -0.05) is 6.07 Å². The first kappa shape index (κ1) is 28.2. The number of hydrogen-bond donors (Lipinski definition) is 1. The van der Waals surface area contributed by atoms with Crippen LogP contribution in [0.3, 0.4) is 0 Å². The van der Waals surface area contributed by atoms with Gasteiger partial charge in [-0.3, -0.25) is 4.90 Å². The van der Waals surface area contributed by atoms with Gasteiger partial charge in [-0.15, -0.1) is 0 Å². The zero-order valence-electron chi connectivity index (χ0n) is 22.5. The molecule has 1 unspecified atom stereocenters. The number of benzene rings is 1. The van der Waals surface area contributed by atoms with Crippen molar-refractivity contribution in [3.63, 3.8) is 0 Å². The maximum absolute atomic E-state index is 15.2. The van der Waals surface area contributed by atoms with Crippen molar-refractivity contribution >= 4 is 39.0 Å². The molecule has 2 aliphatic heterocycles. The van der Waals surface area contributed by atoms with E-state index in [-0.39, 0.29) is 43.4 Å². The number of carboxylic acid groups (broad SMARTS) is 1. The molecule has 0 bridgehead atoms. The molecule has 0 spiro atoms. The zero-order chi connectivity index (χ0) is 28.8.